The summed E-state index contributed by atoms with van der Waals surface area (Å²) in [6, 6.07) is -0.964. The fourth-order valence-electron chi connectivity index (χ4n) is 3.27. The summed E-state index contributed by atoms with van der Waals surface area (Å²) in [4.78, 5) is 36.4. The van der Waals surface area contributed by atoms with Gasteiger partial charge in [0.05, 0.1) is 23.7 Å². The summed E-state index contributed by atoms with van der Waals surface area (Å²) in [6.07, 6.45) is 0. The van der Waals surface area contributed by atoms with Crippen LogP contribution in [0.5, 0.6) is 0 Å². The lowest BCUT2D eigenvalue weighted by atomic mass is 9.95. The third-order valence-electron chi connectivity index (χ3n) is 5.41. The van der Waals surface area contributed by atoms with Crippen LogP contribution in [-0.2, 0) is 35.4 Å². The second-order valence-electron chi connectivity index (χ2n) is 7.83. The van der Waals surface area contributed by atoms with Gasteiger partial charge >= 0.3 is 17.9 Å². The summed E-state index contributed by atoms with van der Waals surface area (Å²) in [5.74, 6) is -0.0409. The maximum absolute atomic E-state index is 12.1. The molecule has 0 bridgehead atoms. The number of aliphatic carboxylic acids is 1. The van der Waals surface area contributed by atoms with Crippen LogP contribution in [-0.4, -0.2) is 58.5 Å². The van der Waals surface area contributed by atoms with Gasteiger partial charge in [-0.1, -0.05) is 0 Å². The standard InChI is InChI=1S/C24H37NO6S3.ClH/c1-8-30-23(28)16(6)32-10-18-13(3)19(11-33-17(7)24(29)31-9-2)15(5)21(14(18)4)34-12-20(25)22(26)27;/h16-17,20H,8-12,25H2,1-7H3,(H,26,27);1H. The van der Waals surface area contributed by atoms with Gasteiger partial charge in [0.2, 0.25) is 0 Å². The van der Waals surface area contributed by atoms with Gasteiger partial charge in [0.15, 0.2) is 0 Å². The van der Waals surface area contributed by atoms with E-state index in [9.17, 15) is 19.5 Å². The molecule has 0 aliphatic heterocycles. The topological polar surface area (TPSA) is 116 Å². The number of esters is 2. The normalized spacial score (nSPS) is 13.4. The van der Waals surface area contributed by atoms with Gasteiger partial charge in [-0.15, -0.1) is 47.7 Å². The Labute approximate surface area is 227 Å². The highest BCUT2D eigenvalue weighted by Gasteiger charge is 2.23. The predicted octanol–water partition coefficient (Wildman–Crippen LogP) is 4.91. The molecule has 0 fully saturated rings. The molecule has 200 valence electrons. The van der Waals surface area contributed by atoms with Gasteiger partial charge in [0.1, 0.15) is 6.04 Å². The Kier molecular flexibility index (Phi) is 16.1. The van der Waals surface area contributed by atoms with Crippen molar-refractivity contribution in [3.8, 4) is 0 Å². The highest BCUT2D eigenvalue weighted by molar-refractivity contribution is 8.00. The molecule has 0 saturated heterocycles. The third-order valence-corrected chi connectivity index (χ3v) is 9.13. The van der Waals surface area contributed by atoms with Crippen molar-refractivity contribution in [2.24, 2.45) is 5.73 Å². The number of thioether (sulfide) groups is 3. The second kappa shape index (κ2) is 16.6. The van der Waals surface area contributed by atoms with Gasteiger partial charge in [0.25, 0.3) is 0 Å². The first kappa shape index (κ1) is 33.9. The summed E-state index contributed by atoms with van der Waals surface area (Å²) in [5.41, 5.74) is 11.2. The molecular formula is C24H38ClNO6S3. The van der Waals surface area contributed by atoms with E-state index in [0.717, 1.165) is 32.7 Å². The molecule has 0 spiro atoms. The van der Waals surface area contributed by atoms with Gasteiger partial charge in [-0.2, -0.15) is 0 Å². The number of carbonyl (C=O) groups is 3. The molecule has 3 N–H and O–H groups in total. The predicted molar refractivity (Wildman–Crippen MR) is 149 cm³/mol. The van der Waals surface area contributed by atoms with Crippen LogP contribution in [0.3, 0.4) is 0 Å². The summed E-state index contributed by atoms with van der Waals surface area (Å²) < 4.78 is 10.3. The molecule has 0 amide bonds. The summed E-state index contributed by atoms with van der Waals surface area (Å²) in [6.45, 7) is 14.0. The molecule has 0 aliphatic rings. The lowest BCUT2D eigenvalue weighted by Gasteiger charge is -2.23. The van der Waals surface area contributed by atoms with Gasteiger partial charge in [0, 0.05) is 22.2 Å². The molecule has 11 heteroatoms. The van der Waals surface area contributed by atoms with E-state index < -0.39 is 12.0 Å². The van der Waals surface area contributed by atoms with E-state index >= 15 is 0 Å². The van der Waals surface area contributed by atoms with E-state index in [4.69, 9.17) is 15.2 Å². The van der Waals surface area contributed by atoms with Crippen LogP contribution in [0, 0.1) is 20.8 Å². The number of benzene rings is 1. The maximum atomic E-state index is 12.1. The Morgan fingerprint density at radius 2 is 1.26 bits per heavy atom. The van der Waals surface area contributed by atoms with Crippen LogP contribution >= 0.6 is 47.7 Å². The Morgan fingerprint density at radius 1 is 0.857 bits per heavy atom. The summed E-state index contributed by atoms with van der Waals surface area (Å²) >= 11 is 4.46. The van der Waals surface area contributed by atoms with E-state index in [0.29, 0.717) is 24.7 Å². The van der Waals surface area contributed by atoms with E-state index in [2.05, 4.69) is 6.92 Å². The van der Waals surface area contributed by atoms with Crippen LogP contribution in [0.25, 0.3) is 0 Å². The zero-order chi connectivity index (χ0) is 26.0. The minimum Gasteiger partial charge on any atom is -0.480 e. The molecule has 1 aromatic rings. The number of carboxylic acids is 1. The van der Waals surface area contributed by atoms with E-state index in [1.54, 1.807) is 13.8 Å². The van der Waals surface area contributed by atoms with Crippen molar-refractivity contribution >= 4 is 65.6 Å². The van der Waals surface area contributed by atoms with Crippen LogP contribution < -0.4 is 5.73 Å². The lowest BCUT2D eigenvalue weighted by molar-refractivity contribution is -0.143. The van der Waals surface area contributed by atoms with E-state index in [1.807, 2.05) is 27.7 Å². The molecule has 3 unspecified atom stereocenters. The number of carbonyl (C=O) groups excluding carboxylic acids is 2. The zero-order valence-corrected chi connectivity index (χ0v) is 24.7. The lowest BCUT2D eigenvalue weighted by Crippen LogP contribution is -2.32. The van der Waals surface area contributed by atoms with Crippen LogP contribution in [0.1, 0.15) is 55.5 Å². The Morgan fingerprint density at radius 3 is 1.60 bits per heavy atom. The van der Waals surface area contributed by atoms with Crippen molar-refractivity contribution < 1.29 is 29.0 Å². The largest absolute Gasteiger partial charge is 0.480 e. The third kappa shape index (κ3) is 10.1. The summed E-state index contributed by atoms with van der Waals surface area (Å²) in [5, 5.41) is 8.59. The van der Waals surface area contributed by atoms with Crippen LogP contribution in [0.4, 0.5) is 0 Å². The van der Waals surface area contributed by atoms with E-state index in [1.165, 1.54) is 35.3 Å². The second-order valence-corrected chi connectivity index (χ2v) is 11.5. The Balaban J connectivity index is 0.0000116. The molecule has 0 aliphatic carbocycles. The number of rotatable bonds is 14. The average molecular weight is 568 g/mol. The van der Waals surface area contributed by atoms with Crippen molar-refractivity contribution in [2.45, 2.75) is 81.4 Å². The maximum Gasteiger partial charge on any atom is 0.321 e. The van der Waals surface area contributed by atoms with Gasteiger partial charge in [-0.05, 0) is 76.3 Å². The van der Waals surface area contributed by atoms with Gasteiger partial charge in [-0.25, -0.2) is 0 Å². The van der Waals surface area contributed by atoms with Crippen molar-refractivity contribution in [3.05, 3.63) is 27.8 Å². The molecule has 1 aromatic carbocycles. The molecule has 7 nitrogen and oxygen atoms in total. The minimum absolute atomic E-state index is 0. The summed E-state index contributed by atoms with van der Waals surface area (Å²) in [7, 11) is 0. The molecule has 0 radical (unpaired) electrons. The monoisotopic (exact) mass is 567 g/mol. The fourth-order valence-corrected chi connectivity index (χ4v) is 6.54. The highest BCUT2D eigenvalue weighted by atomic mass is 35.5. The Bertz CT molecular complexity index is 828. The molecular weight excluding hydrogens is 530 g/mol. The van der Waals surface area contributed by atoms with Crippen molar-refractivity contribution in [1.82, 2.24) is 0 Å². The highest BCUT2D eigenvalue weighted by Crippen LogP contribution is 2.38. The minimum atomic E-state index is -1.03. The number of hydrogen-bond acceptors (Lipinski definition) is 9. The van der Waals surface area contributed by atoms with Gasteiger partial charge in [-0.3, -0.25) is 14.4 Å². The molecule has 0 saturated carbocycles. The van der Waals surface area contributed by atoms with Crippen molar-refractivity contribution in [2.75, 3.05) is 19.0 Å². The van der Waals surface area contributed by atoms with Crippen LogP contribution in [0.15, 0.2) is 4.90 Å². The number of halogens is 1. The molecule has 1 rings (SSSR count). The average Bonchev–Trinajstić information content (AvgIpc) is 2.78. The molecule has 3 atom stereocenters. The number of hydrogen-bond donors (Lipinski definition) is 2. The molecule has 35 heavy (non-hydrogen) atoms. The first-order valence-electron chi connectivity index (χ1n) is 11.2. The Hall–Kier alpha value is -1.07. The number of carboxylic acid groups (broad SMARTS) is 1. The fraction of sp³-hybridized carbons (Fsp3) is 0.625. The molecule has 0 aromatic heterocycles. The van der Waals surface area contributed by atoms with Crippen molar-refractivity contribution in [1.29, 1.82) is 0 Å². The quantitative estimate of drug-likeness (QED) is 0.237. The molecule has 0 heterocycles. The first-order chi connectivity index (χ1) is 16.0. The number of nitrogens with two attached hydrogens (primary N) is 1. The first-order valence-corrected chi connectivity index (χ1v) is 14.3. The van der Waals surface area contributed by atoms with Crippen molar-refractivity contribution in [3.63, 3.8) is 0 Å². The SMILES string of the molecule is CCOC(=O)C(C)SCc1c(C)c(CSC(C)C(=O)OCC)c(C)c(SCC(N)C(=O)O)c1C.Cl. The smallest absolute Gasteiger partial charge is 0.321 e. The van der Waals surface area contributed by atoms with Gasteiger partial charge < -0.3 is 20.3 Å². The zero-order valence-electron chi connectivity index (χ0n) is 21.5. The van der Waals surface area contributed by atoms with Crippen LogP contribution in [0.2, 0.25) is 0 Å². The van der Waals surface area contributed by atoms with E-state index in [-0.39, 0.29) is 40.6 Å². The number of ether oxygens (including phenoxy) is 2.